The van der Waals surface area contributed by atoms with Gasteiger partial charge in [0.15, 0.2) is 6.29 Å². The van der Waals surface area contributed by atoms with Crippen molar-refractivity contribution in [3.63, 3.8) is 0 Å². The van der Waals surface area contributed by atoms with Crippen molar-refractivity contribution in [1.82, 2.24) is 4.72 Å². The first-order valence-corrected chi connectivity index (χ1v) is 10.2. The van der Waals surface area contributed by atoms with Crippen molar-refractivity contribution >= 4 is 22.6 Å². The quantitative estimate of drug-likeness (QED) is 0.345. The first-order valence-electron chi connectivity index (χ1n) is 8.64. The van der Waals surface area contributed by atoms with Crippen LogP contribution in [0.5, 0.6) is 0 Å². The fourth-order valence-electron chi connectivity index (χ4n) is 3.80. The summed E-state index contributed by atoms with van der Waals surface area (Å²) in [5.41, 5.74) is -1.23. The molecule has 148 valence electrons. The third kappa shape index (κ3) is 3.64. The summed E-state index contributed by atoms with van der Waals surface area (Å²) in [5, 5.41) is 20.8. The highest BCUT2D eigenvalue weighted by Crippen LogP contribution is 2.37. The summed E-state index contributed by atoms with van der Waals surface area (Å²) in [7, 11) is -1.41. The molecule has 0 radical (unpaired) electrons. The maximum absolute atomic E-state index is 11.9. The molecule has 1 saturated carbocycles. The molecule has 26 heavy (non-hydrogen) atoms. The van der Waals surface area contributed by atoms with Crippen molar-refractivity contribution in [2.75, 3.05) is 26.1 Å². The number of ether oxygens (including phenoxy) is 3. The van der Waals surface area contributed by atoms with Gasteiger partial charge in [-0.1, -0.05) is 6.92 Å². The molecule has 0 aromatic rings. The molecule has 0 amide bonds. The summed E-state index contributed by atoms with van der Waals surface area (Å²) in [6.07, 6.45) is -1.39. The van der Waals surface area contributed by atoms with E-state index in [1.54, 1.807) is 6.92 Å². The normalized spacial score (nSPS) is 43.8. The average molecular weight is 391 g/mol. The number of hydrogen-bond donors (Lipinski definition) is 3. The molecule has 2 saturated heterocycles. The van der Waals surface area contributed by atoms with E-state index in [4.69, 9.17) is 14.2 Å². The zero-order valence-electron chi connectivity index (χ0n) is 14.8. The van der Waals surface area contributed by atoms with Crippen LogP contribution >= 0.6 is 0 Å². The lowest BCUT2D eigenvalue weighted by Gasteiger charge is -2.42. The third-order valence-electron chi connectivity index (χ3n) is 5.29. The number of aliphatic hydroxyl groups excluding tert-OH is 2. The Hall–Kier alpha value is -0.750. The van der Waals surface area contributed by atoms with Crippen molar-refractivity contribution in [3.8, 4) is 0 Å². The summed E-state index contributed by atoms with van der Waals surface area (Å²) in [5.74, 6) is -0.959. The van der Waals surface area contributed by atoms with E-state index in [2.05, 4.69) is 4.72 Å². The molecule has 9 nitrogen and oxygen atoms in total. The molecule has 3 unspecified atom stereocenters. The highest BCUT2D eigenvalue weighted by atomic mass is 32.2. The fraction of sp³-hybridized carbons (Fsp3) is 0.875. The molecule has 3 aliphatic rings. The van der Waals surface area contributed by atoms with Crippen LogP contribution in [0.3, 0.4) is 0 Å². The molecular formula is C16H25NO8S. The predicted molar refractivity (Wildman–Crippen MR) is 89.3 cm³/mol. The van der Waals surface area contributed by atoms with Gasteiger partial charge in [-0.3, -0.25) is 9.59 Å². The second-order valence-corrected chi connectivity index (χ2v) is 8.41. The van der Waals surface area contributed by atoms with E-state index in [1.807, 2.05) is 0 Å². The van der Waals surface area contributed by atoms with Gasteiger partial charge < -0.3 is 24.4 Å². The van der Waals surface area contributed by atoms with Gasteiger partial charge in [-0.05, 0) is 6.42 Å². The van der Waals surface area contributed by atoms with Gasteiger partial charge in [-0.25, -0.2) is 8.93 Å². The van der Waals surface area contributed by atoms with E-state index in [-0.39, 0.29) is 43.7 Å². The average Bonchev–Trinajstić information content (AvgIpc) is 3.09. The van der Waals surface area contributed by atoms with E-state index < -0.39 is 47.0 Å². The minimum absolute atomic E-state index is 0.0166. The van der Waals surface area contributed by atoms with Crippen LogP contribution in [0.2, 0.25) is 0 Å². The topological polar surface area (TPSA) is 131 Å². The van der Waals surface area contributed by atoms with Gasteiger partial charge in [0.1, 0.15) is 29.4 Å². The molecular weight excluding hydrogens is 366 g/mol. The van der Waals surface area contributed by atoms with Crippen LogP contribution in [0.1, 0.15) is 19.8 Å². The van der Waals surface area contributed by atoms with E-state index in [1.165, 1.54) is 6.26 Å². The van der Waals surface area contributed by atoms with Crippen LogP contribution in [-0.2, 0) is 34.8 Å². The number of carbonyl (C=O) groups excluding carboxylic acids is 2. The van der Waals surface area contributed by atoms with Crippen LogP contribution in [0.25, 0.3) is 0 Å². The lowest BCUT2D eigenvalue weighted by Crippen LogP contribution is -2.66. The number of Topliss-reactive ketones (excluding diaryl/α,β-unsaturated/α-hetero) is 2. The molecule has 2 heterocycles. The highest BCUT2D eigenvalue weighted by Gasteiger charge is 2.59. The molecule has 3 fully saturated rings. The Balaban J connectivity index is 1.53. The third-order valence-corrected chi connectivity index (χ3v) is 5.90. The molecule has 0 spiro atoms. The van der Waals surface area contributed by atoms with Crippen LogP contribution in [0.4, 0.5) is 0 Å². The van der Waals surface area contributed by atoms with Gasteiger partial charge in [-0.15, -0.1) is 0 Å². The van der Waals surface area contributed by atoms with Crippen molar-refractivity contribution in [2.24, 2.45) is 11.8 Å². The standard InChI is InChI=1S/C16H25NO8S/c1-8-5-10(18)9(12(8)19)3-4-23-6-16-7-24-15(25-16)11(17-26(2)22)13(20)14(16)21/h8-9,11,13-15,17,20-21H,3-7H2,1-2H3/t8?,9?,11-,13+,14+,15-,16-,26?/m0/s1. The predicted octanol–water partition coefficient (Wildman–Crippen LogP) is -1.71. The number of aliphatic hydroxyl groups is 2. The summed E-state index contributed by atoms with van der Waals surface area (Å²) in [6.45, 7) is 1.88. The lowest BCUT2D eigenvalue weighted by atomic mass is 9.89. The smallest absolute Gasteiger partial charge is 0.177 e. The summed E-state index contributed by atoms with van der Waals surface area (Å²) >= 11 is 0. The van der Waals surface area contributed by atoms with Crippen LogP contribution < -0.4 is 4.72 Å². The Morgan fingerprint density at radius 3 is 2.73 bits per heavy atom. The SMILES string of the molecule is CC1CC(=O)C(CCOC[C@@]23CO[C@@H](O2)[C@@H](NS(C)=O)[C@@H](O)[C@H]3O)C1=O. The molecule has 3 N–H and O–H groups in total. The number of fused-ring (bicyclic) bond motifs is 2. The largest absolute Gasteiger partial charge is 0.388 e. The molecule has 2 bridgehead atoms. The monoisotopic (exact) mass is 391 g/mol. The number of hydrogen-bond acceptors (Lipinski definition) is 8. The molecule has 8 atom stereocenters. The number of nitrogens with one attached hydrogen (secondary N) is 1. The van der Waals surface area contributed by atoms with Gasteiger partial charge in [0, 0.05) is 25.2 Å². The Morgan fingerprint density at radius 2 is 2.12 bits per heavy atom. The summed E-state index contributed by atoms with van der Waals surface area (Å²) in [6, 6.07) is -0.818. The van der Waals surface area contributed by atoms with Gasteiger partial charge in [0.05, 0.1) is 36.2 Å². The Kier molecular flexibility index (Phi) is 5.92. The molecule has 3 rings (SSSR count). The fourth-order valence-corrected chi connectivity index (χ4v) is 4.43. The Morgan fingerprint density at radius 1 is 1.38 bits per heavy atom. The first kappa shape index (κ1) is 20.0. The Bertz CT molecular complexity index is 601. The highest BCUT2D eigenvalue weighted by molar-refractivity contribution is 7.82. The van der Waals surface area contributed by atoms with Gasteiger partial charge >= 0.3 is 0 Å². The van der Waals surface area contributed by atoms with E-state index in [9.17, 15) is 24.0 Å². The molecule has 0 aromatic carbocycles. The summed E-state index contributed by atoms with van der Waals surface area (Å²) < 4.78 is 30.7. The van der Waals surface area contributed by atoms with Crippen molar-refractivity contribution in [1.29, 1.82) is 0 Å². The maximum Gasteiger partial charge on any atom is 0.177 e. The van der Waals surface area contributed by atoms with Crippen LogP contribution in [0.15, 0.2) is 0 Å². The maximum atomic E-state index is 11.9. The minimum Gasteiger partial charge on any atom is -0.388 e. The van der Waals surface area contributed by atoms with Gasteiger partial charge in [0.25, 0.3) is 0 Å². The molecule has 10 heteroatoms. The number of ketones is 2. The van der Waals surface area contributed by atoms with E-state index >= 15 is 0 Å². The van der Waals surface area contributed by atoms with Gasteiger partial charge in [-0.2, -0.15) is 0 Å². The zero-order chi connectivity index (χ0) is 19.1. The molecule has 0 aromatic heterocycles. The summed E-state index contributed by atoms with van der Waals surface area (Å²) in [4.78, 5) is 23.7. The van der Waals surface area contributed by atoms with E-state index in [0.717, 1.165) is 0 Å². The minimum atomic E-state index is -1.41. The van der Waals surface area contributed by atoms with Crippen molar-refractivity contribution < 1.29 is 38.2 Å². The van der Waals surface area contributed by atoms with Crippen molar-refractivity contribution in [2.45, 2.75) is 49.9 Å². The van der Waals surface area contributed by atoms with Crippen molar-refractivity contribution in [3.05, 3.63) is 0 Å². The number of carbonyl (C=O) groups is 2. The second kappa shape index (κ2) is 7.70. The first-order chi connectivity index (χ1) is 12.2. The lowest BCUT2D eigenvalue weighted by molar-refractivity contribution is -0.235. The molecule has 1 aliphatic carbocycles. The zero-order valence-corrected chi connectivity index (χ0v) is 15.6. The van der Waals surface area contributed by atoms with Gasteiger partial charge in [0.2, 0.25) is 0 Å². The number of rotatable bonds is 7. The van der Waals surface area contributed by atoms with Crippen LogP contribution in [0, 0.1) is 11.8 Å². The van der Waals surface area contributed by atoms with Crippen LogP contribution in [-0.4, -0.2) is 82.2 Å². The second-order valence-electron chi connectivity index (χ2n) is 7.26. The Labute approximate surface area is 154 Å². The van der Waals surface area contributed by atoms with E-state index in [0.29, 0.717) is 6.42 Å². The molecule has 2 aliphatic heterocycles.